The van der Waals surface area contributed by atoms with Crippen LogP contribution in [0.15, 0.2) is 0 Å². The molecule has 0 aromatic heterocycles. The average Bonchev–Trinajstić information content (AvgIpc) is 2.50. The highest BCUT2D eigenvalue weighted by molar-refractivity contribution is 4.62. The Kier molecular flexibility index (Phi) is 16.3. The van der Waals surface area contributed by atoms with Crippen LogP contribution in [-0.2, 0) is 0 Å². The van der Waals surface area contributed by atoms with Crippen LogP contribution in [-0.4, -0.2) is 6.54 Å². The molecule has 128 valence electrons. The zero-order valence-corrected chi connectivity index (χ0v) is 15.3. The first kappa shape index (κ1) is 21.0. The van der Waals surface area contributed by atoms with E-state index in [1.165, 1.54) is 89.9 Å². The van der Waals surface area contributed by atoms with E-state index in [9.17, 15) is 0 Å². The quantitative estimate of drug-likeness (QED) is 0.315. The molecular formula is C20H43N. The van der Waals surface area contributed by atoms with E-state index >= 15 is 0 Å². The molecule has 0 aliphatic rings. The predicted molar refractivity (Wildman–Crippen MR) is 97.7 cm³/mol. The summed E-state index contributed by atoms with van der Waals surface area (Å²) in [5.74, 6) is 1.50. The molecule has 0 rings (SSSR count). The Morgan fingerprint density at radius 3 is 1.33 bits per heavy atom. The summed E-state index contributed by atoms with van der Waals surface area (Å²) in [4.78, 5) is 0. The number of hydrogen-bond donors (Lipinski definition) is 1. The Bertz CT molecular complexity index is 190. The second-order valence-electron chi connectivity index (χ2n) is 7.22. The molecule has 21 heavy (non-hydrogen) atoms. The summed E-state index contributed by atoms with van der Waals surface area (Å²) in [6.45, 7) is 7.78. The minimum atomic E-state index is 0.697. The maximum atomic E-state index is 5.72. The minimum absolute atomic E-state index is 0.697. The van der Waals surface area contributed by atoms with Crippen LogP contribution in [0.2, 0.25) is 0 Å². The van der Waals surface area contributed by atoms with E-state index in [-0.39, 0.29) is 0 Å². The second-order valence-corrected chi connectivity index (χ2v) is 7.22. The normalized spacial score (nSPS) is 14.3. The summed E-state index contributed by atoms with van der Waals surface area (Å²) in [7, 11) is 0. The topological polar surface area (TPSA) is 26.0 Å². The maximum Gasteiger partial charge on any atom is -0.00490 e. The lowest BCUT2D eigenvalue weighted by Gasteiger charge is -2.17. The van der Waals surface area contributed by atoms with Gasteiger partial charge in [0.15, 0.2) is 0 Å². The van der Waals surface area contributed by atoms with Gasteiger partial charge in [0.25, 0.3) is 0 Å². The van der Waals surface area contributed by atoms with Gasteiger partial charge in [0, 0.05) is 0 Å². The molecule has 2 atom stereocenters. The first-order valence-corrected chi connectivity index (χ1v) is 9.92. The van der Waals surface area contributed by atoms with Gasteiger partial charge >= 0.3 is 0 Å². The van der Waals surface area contributed by atoms with Gasteiger partial charge in [-0.15, -0.1) is 0 Å². The van der Waals surface area contributed by atoms with Crippen LogP contribution in [0.5, 0.6) is 0 Å². The van der Waals surface area contributed by atoms with E-state index in [4.69, 9.17) is 5.73 Å². The number of rotatable bonds is 16. The fourth-order valence-electron chi connectivity index (χ4n) is 3.00. The lowest BCUT2D eigenvalue weighted by Crippen LogP contribution is -2.18. The Balaban J connectivity index is 3.09. The van der Waals surface area contributed by atoms with Crippen LogP contribution >= 0.6 is 0 Å². The molecule has 0 bridgehead atoms. The Hall–Kier alpha value is -0.0400. The molecular weight excluding hydrogens is 254 g/mol. The highest BCUT2D eigenvalue weighted by atomic mass is 14.5. The number of nitrogens with two attached hydrogens (primary N) is 1. The van der Waals surface area contributed by atoms with Crippen molar-refractivity contribution in [3.8, 4) is 0 Å². The van der Waals surface area contributed by atoms with Gasteiger partial charge in [-0.3, -0.25) is 0 Å². The third kappa shape index (κ3) is 14.7. The van der Waals surface area contributed by atoms with Gasteiger partial charge in [-0.25, -0.2) is 0 Å². The molecule has 0 aromatic carbocycles. The molecule has 0 saturated heterocycles. The van der Waals surface area contributed by atoms with Crippen LogP contribution in [0.25, 0.3) is 0 Å². The van der Waals surface area contributed by atoms with Crippen molar-refractivity contribution in [3.63, 3.8) is 0 Å². The molecule has 0 radical (unpaired) electrons. The number of unbranched alkanes of at least 4 members (excludes halogenated alkanes) is 12. The van der Waals surface area contributed by atoms with Crippen LogP contribution < -0.4 is 5.73 Å². The van der Waals surface area contributed by atoms with Crippen molar-refractivity contribution in [2.75, 3.05) is 6.54 Å². The third-order valence-corrected chi connectivity index (χ3v) is 5.11. The van der Waals surface area contributed by atoms with Crippen molar-refractivity contribution in [1.82, 2.24) is 0 Å². The Morgan fingerprint density at radius 1 is 0.571 bits per heavy atom. The average molecular weight is 298 g/mol. The fourth-order valence-corrected chi connectivity index (χ4v) is 3.00. The second kappa shape index (κ2) is 16.3. The number of hydrogen-bond acceptors (Lipinski definition) is 1. The van der Waals surface area contributed by atoms with Crippen LogP contribution in [0.4, 0.5) is 0 Å². The van der Waals surface area contributed by atoms with E-state index < -0.39 is 0 Å². The lowest BCUT2D eigenvalue weighted by atomic mass is 9.90. The molecule has 0 fully saturated rings. The van der Waals surface area contributed by atoms with Crippen molar-refractivity contribution in [2.45, 2.75) is 111 Å². The van der Waals surface area contributed by atoms with Gasteiger partial charge < -0.3 is 5.73 Å². The van der Waals surface area contributed by atoms with Crippen molar-refractivity contribution in [1.29, 1.82) is 0 Å². The molecule has 1 nitrogen and oxygen atoms in total. The zero-order valence-electron chi connectivity index (χ0n) is 15.3. The highest BCUT2D eigenvalue weighted by Crippen LogP contribution is 2.18. The molecule has 0 aliphatic carbocycles. The molecule has 0 aromatic rings. The van der Waals surface area contributed by atoms with E-state index in [0.717, 1.165) is 12.5 Å². The Labute approximate surface area is 135 Å². The highest BCUT2D eigenvalue weighted by Gasteiger charge is 2.09. The SMILES string of the molecule is CCCCCCCCCCCCCCCC(C)C(C)CN. The molecule has 0 spiro atoms. The molecule has 0 amide bonds. The molecule has 0 saturated carbocycles. The van der Waals surface area contributed by atoms with Gasteiger partial charge in [-0.2, -0.15) is 0 Å². The smallest absolute Gasteiger partial charge is 0.00490 e. The Morgan fingerprint density at radius 2 is 0.952 bits per heavy atom. The van der Waals surface area contributed by atoms with E-state index in [2.05, 4.69) is 20.8 Å². The maximum absolute atomic E-state index is 5.72. The summed E-state index contributed by atoms with van der Waals surface area (Å²) in [5, 5.41) is 0. The molecule has 0 heterocycles. The van der Waals surface area contributed by atoms with Gasteiger partial charge in [0.05, 0.1) is 0 Å². The largest absolute Gasteiger partial charge is 0.330 e. The van der Waals surface area contributed by atoms with Crippen molar-refractivity contribution in [3.05, 3.63) is 0 Å². The van der Waals surface area contributed by atoms with Gasteiger partial charge in [0.2, 0.25) is 0 Å². The summed E-state index contributed by atoms with van der Waals surface area (Å²) in [5.41, 5.74) is 5.72. The molecule has 2 N–H and O–H groups in total. The summed E-state index contributed by atoms with van der Waals surface area (Å²) >= 11 is 0. The van der Waals surface area contributed by atoms with Crippen molar-refractivity contribution >= 4 is 0 Å². The zero-order chi connectivity index (χ0) is 15.8. The summed E-state index contributed by atoms with van der Waals surface area (Å²) in [6.07, 6.45) is 20.2. The van der Waals surface area contributed by atoms with E-state index in [0.29, 0.717) is 5.92 Å². The van der Waals surface area contributed by atoms with Crippen molar-refractivity contribution in [2.24, 2.45) is 17.6 Å². The molecule has 1 heteroatoms. The first-order chi connectivity index (χ1) is 10.2. The third-order valence-electron chi connectivity index (χ3n) is 5.11. The van der Waals surface area contributed by atoms with Gasteiger partial charge in [0.1, 0.15) is 0 Å². The van der Waals surface area contributed by atoms with Crippen LogP contribution in [0.3, 0.4) is 0 Å². The minimum Gasteiger partial charge on any atom is -0.330 e. The molecule has 2 unspecified atom stereocenters. The fraction of sp³-hybridized carbons (Fsp3) is 1.00. The standard InChI is InChI=1S/C20H43N/c1-4-5-6-7-8-9-10-11-12-13-14-15-16-17-19(2)20(3)18-21/h19-20H,4-18,21H2,1-3H3. The monoisotopic (exact) mass is 297 g/mol. The van der Waals surface area contributed by atoms with Gasteiger partial charge in [-0.05, 0) is 18.4 Å². The van der Waals surface area contributed by atoms with Crippen LogP contribution in [0, 0.1) is 11.8 Å². The first-order valence-electron chi connectivity index (χ1n) is 9.92. The van der Waals surface area contributed by atoms with Gasteiger partial charge in [-0.1, -0.05) is 111 Å². The lowest BCUT2D eigenvalue weighted by molar-refractivity contribution is 0.357. The van der Waals surface area contributed by atoms with Crippen molar-refractivity contribution < 1.29 is 0 Å². The summed E-state index contributed by atoms with van der Waals surface area (Å²) < 4.78 is 0. The van der Waals surface area contributed by atoms with Crippen LogP contribution in [0.1, 0.15) is 111 Å². The van der Waals surface area contributed by atoms with E-state index in [1.54, 1.807) is 0 Å². The van der Waals surface area contributed by atoms with E-state index in [1.807, 2.05) is 0 Å². The molecule has 0 aliphatic heterocycles. The predicted octanol–water partition coefficient (Wildman–Crippen LogP) is 6.70. The summed E-state index contributed by atoms with van der Waals surface area (Å²) in [6, 6.07) is 0.